The second-order valence-corrected chi connectivity index (χ2v) is 5.52. The van der Waals surface area contributed by atoms with Crippen LogP contribution in [0, 0.1) is 11.8 Å². The van der Waals surface area contributed by atoms with Crippen LogP contribution in [0.5, 0.6) is 0 Å². The fourth-order valence-corrected chi connectivity index (χ4v) is 2.32. The summed E-state index contributed by atoms with van der Waals surface area (Å²) in [7, 11) is 0. The van der Waals surface area contributed by atoms with Crippen molar-refractivity contribution in [1.82, 2.24) is 4.90 Å². The third kappa shape index (κ3) is 3.21. The number of hydrogen-bond acceptors (Lipinski definition) is 2. The number of nitrogens with two attached hydrogens (primary N) is 1. The molecular weight excluding hydrogens is 200 g/mol. The smallest absolute Gasteiger partial charge is 0.227 e. The van der Waals surface area contributed by atoms with E-state index < -0.39 is 0 Å². The Labute approximate surface area is 99.4 Å². The molecule has 0 aromatic rings. The molecule has 1 fully saturated rings. The van der Waals surface area contributed by atoms with Gasteiger partial charge in [-0.05, 0) is 32.6 Å². The number of nitrogens with zero attached hydrogens (tertiary/aromatic N) is 1. The van der Waals surface area contributed by atoms with E-state index in [2.05, 4.69) is 13.8 Å². The fourth-order valence-electron chi connectivity index (χ4n) is 2.32. The standard InChI is InChI=1S/C13H26N2O/c1-9-6-5-7-10(2)15(8-9)13(16)11(3)12(4)14/h9-12H,5-8,14H2,1-4H3. The summed E-state index contributed by atoms with van der Waals surface area (Å²) in [5.74, 6) is 0.790. The lowest BCUT2D eigenvalue weighted by molar-refractivity contribution is -0.138. The minimum Gasteiger partial charge on any atom is -0.339 e. The maximum Gasteiger partial charge on any atom is 0.227 e. The molecule has 1 rings (SSSR count). The van der Waals surface area contributed by atoms with Gasteiger partial charge >= 0.3 is 0 Å². The van der Waals surface area contributed by atoms with Gasteiger partial charge in [-0.3, -0.25) is 4.79 Å². The molecule has 16 heavy (non-hydrogen) atoms. The van der Waals surface area contributed by atoms with Gasteiger partial charge in [-0.25, -0.2) is 0 Å². The van der Waals surface area contributed by atoms with E-state index in [-0.39, 0.29) is 17.9 Å². The Balaban J connectivity index is 2.71. The molecule has 1 saturated heterocycles. The van der Waals surface area contributed by atoms with E-state index in [9.17, 15) is 4.79 Å². The number of hydrogen-bond donors (Lipinski definition) is 1. The van der Waals surface area contributed by atoms with Crippen LogP contribution in [0.4, 0.5) is 0 Å². The van der Waals surface area contributed by atoms with Gasteiger partial charge in [-0.15, -0.1) is 0 Å². The lowest BCUT2D eigenvalue weighted by Crippen LogP contribution is -2.46. The SMILES string of the molecule is CC1CCCC(C)N(C(=O)C(C)C(C)N)C1. The van der Waals surface area contributed by atoms with Crippen molar-refractivity contribution >= 4 is 5.91 Å². The van der Waals surface area contributed by atoms with E-state index in [0.717, 1.165) is 13.0 Å². The van der Waals surface area contributed by atoms with Crippen LogP contribution >= 0.6 is 0 Å². The zero-order valence-electron chi connectivity index (χ0n) is 11.1. The highest BCUT2D eigenvalue weighted by molar-refractivity contribution is 5.79. The monoisotopic (exact) mass is 226 g/mol. The highest BCUT2D eigenvalue weighted by atomic mass is 16.2. The zero-order valence-corrected chi connectivity index (χ0v) is 11.1. The van der Waals surface area contributed by atoms with Gasteiger partial charge in [0.1, 0.15) is 0 Å². The van der Waals surface area contributed by atoms with Gasteiger partial charge in [0.05, 0.1) is 5.92 Å². The van der Waals surface area contributed by atoms with Crippen molar-refractivity contribution < 1.29 is 4.79 Å². The van der Waals surface area contributed by atoms with Crippen molar-refractivity contribution in [2.45, 2.75) is 59.0 Å². The fraction of sp³-hybridized carbons (Fsp3) is 0.923. The Morgan fingerprint density at radius 2 is 1.94 bits per heavy atom. The predicted octanol–water partition coefficient (Wildman–Crippen LogP) is 2.01. The molecule has 1 heterocycles. The third-order valence-electron chi connectivity index (χ3n) is 3.82. The molecule has 0 aromatic carbocycles. The van der Waals surface area contributed by atoms with E-state index >= 15 is 0 Å². The molecule has 1 aliphatic rings. The van der Waals surface area contributed by atoms with E-state index in [1.165, 1.54) is 12.8 Å². The van der Waals surface area contributed by atoms with E-state index in [0.29, 0.717) is 12.0 Å². The summed E-state index contributed by atoms with van der Waals surface area (Å²) in [5.41, 5.74) is 5.82. The highest BCUT2D eigenvalue weighted by Crippen LogP contribution is 2.22. The van der Waals surface area contributed by atoms with Gasteiger partial charge in [0.15, 0.2) is 0 Å². The normalized spacial score (nSPS) is 30.7. The molecule has 1 aliphatic heterocycles. The molecule has 2 N–H and O–H groups in total. The van der Waals surface area contributed by atoms with Crippen molar-refractivity contribution in [1.29, 1.82) is 0 Å². The van der Waals surface area contributed by atoms with Crippen molar-refractivity contribution in [2.75, 3.05) is 6.54 Å². The van der Waals surface area contributed by atoms with Gasteiger partial charge in [0.25, 0.3) is 0 Å². The lowest BCUT2D eigenvalue weighted by Gasteiger charge is -2.32. The molecule has 94 valence electrons. The van der Waals surface area contributed by atoms with E-state index in [1.807, 2.05) is 18.7 Å². The van der Waals surface area contributed by atoms with Gasteiger partial charge in [-0.2, -0.15) is 0 Å². The van der Waals surface area contributed by atoms with Gasteiger partial charge < -0.3 is 10.6 Å². The van der Waals surface area contributed by atoms with Gasteiger partial charge in [0, 0.05) is 18.6 Å². The first kappa shape index (κ1) is 13.5. The Morgan fingerprint density at radius 1 is 1.31 bits per heavy atom. The summed E-state index contributed by atoms with van der Waals surface area (Å²) in [4.78, 5) is 14.3. The van der Waals surface area contributed by atoms with Crippen LogP contribution in [0.1, 0.15) is 47.0 Å². The first-order chi connectivity index (χ1) is 7.43. The van der Waals surface area contributed by atoms with Crippen LogP contribution in [0.2, 0.25) is 0 Å². The van der Waals surface area contributed by atoms with Crippen LogP contribution in [0.15, 0.2) is 0 Å². The van der Waals surface area contributed by atoms with Crippen molar-refractivity contribution in [2.24, 2.45) is 17.6 Å². The Kier molecular flexibility index (Phi) is 4.78. The zero-order chi connectivity index (χ0) is 12.3. The molecule has 4 unspecified atom stereocenters. The molecular formula is C13H26N2O. The Morgan fingerprint density at radius 3 is 2.50 bits per heavy atom. The largest absolute Gasteiger partial charge is 0.339 e. The maximum atomic E-state index is 12.3. The molecule has 0 bridgehead atoms. The van der Waals surface area contributed by atoms with Crippen molar-refractivity contribution in [3.63, 3.8) is 0 Å². The molecule has 0 aromatic heterocycles. The first-order valence-electron chi connectivity index (χ1n) is 6.49. The van der Waals surface area contributed by atoms with Crippen molar-refractivity contribution in [3.05, 3.63) is 0 Å². The lowest BCUT2D eigenvalue weighted by atomic mass is 10.0. The van der Waals surface area contributed by atoms with Crippen LogP contribution in [0.25, 0.3) is 0 Å². The van der Waals surface area contributed by atoms with Crippen LogP contribution < -0.4 is 5.73 Å². The molecule has 0 radical (unpaired) electrons. The average Bonchev–Trinajstić information content (AvgIpc) is 2.38. The van der Waals surface area contributed by atoms with Crippen LogP contribution in [-0.4, -0.2) is 29.4 Å². The molecule has 0 spiro atoms. The molecule has 3 heteroatoms. The number of carbonyl (C=O) groups excluding carboxylic acids is 1. The molecule has 0 saturated carbocycles. The predicted molar refractivity (Wildman–Crippen MR) is 67.0 cm³/mol. The second kappa shape index (κ2) is 5.67. The summed E-state index contributed by atoms with van der Waals surface area (Å²) in [5, 5.41) is 0. The summed E-state index contributed by atoms with van der Waals surface area (Å²) in [6, 6.07) is 0.317. The molecule has 3 nitrogen and oxygen atoms in total. The quantitative estimate of drug-likeness (QED) is 0.783. The van der Waals surface area contributed by atoms with E-state index in [1.54, 1.807) is 0 Å². The number of rotatable bonds is 2. The number of carbonyl (C=O) groups is 1. The van der Waals surface area contributed by atoms with Crippen molar-refractivity contribution in [3.8, 4) is 0 Å². The summed E-state index contributed by atoms with van der Waals surface area (Å²) < 4.78 is 0. The summed E-state index contributed by atoms with van der Waals surface area (Å²) in [6.45, 7) is 9.14. The second-order valence-electron chi connectivity index (χ2n) is 5.52. The molecule has 1 amide bonds. The summed E-state index contributed by atoms with van der Waals surface area (Å²) in [6.07, 6.45) is 3.60. The Hall–Kier alpha value is -0.570. The van der Waals surface area contributed by atoms with Gasteiger partial charge in [0.2, 0.25) is 5.91 Å². The van der Waals surface area contributed by atoms with Gasteiger partial charge in [-0.1, -0.05) is 20.3 Å². The first-order valence-corrected chi connectivity index (χ1v) is 6.49. The van der Waals surface area contributed by atoms with Crippen LogP contribution in [-0.2, 0) is 4.79 Å². The third-order valence-corrected chi connectivity index (χ3v) is 3.82. The minimum absolute atomic E-state index is 0.0572. The average molecular weight is 226 g/mol. The van der Waals surface area contributed by atoms with Crippen LogP contribution in [0.3, 0.4) is 0 Å². The Bertz CT molecular complexity index is 240. The maximum absolute atomic E-state index is 12.3. The summed E-state index contributed by atoms with van der Waals surface area (Å²) >= 11 is 0. The molecule has 0 aliphatic carbocycles. The minimum atomic E-state index is -0.0623. The number of likely N-dealkylation sites (tertiary alicyclic amines) is 1. The number of amides is 1. The van der Waals surface area contributed by atoms with E-state index in [4.69, 9.17) is 5.73 Å². The molecule has 4 atom stereocenters. The highest BCUT2D eigenvalue weighted by Gasteiger charge is 2.29. The topological polar surface area (TPSA) is 46.3 Å².